The van der Waals surface area contributed by atoms with Crippen molar-refractivity contribution >= 4 is 17.2 Å². The first-order chi connectivity index (χ1) is 6.63. The summed E-state index contributed by atoms with van der Waals surface area (Å²) < 4.78 is 0. The predicted molar refractivity (Wildman–Crippen MR) is 56.0 cm³/mol. The first kappa shape index (κ1) is 11.1. The molecule has 0 aliphatic rings. The number of amides is 1. The smallest absolute Gasteiger partial charge is 0.285 e. The number of hydrogen-bond donors (Lipinski definition) is 2. The number of hydrogen-bond acceptors (Lipinski definition) is 5. The third kappa shape index (κ3) is 3.06. The molecule has 1 amide bonds. The zero-order chi connectivity index (χ0) is 10.6. The van der Waals surface area contributed by atoms with Crippen molar-refractivity contribution in [2.45, 2.75) is 6.42 Å². The lowest BCUT2D eigenvalue weighted by atomic mass is 10.4. The second-order valence-electron chi connectivity index (χ2n) is 3.00. The first-order valence-electron chi connectivity index (χ1n) is 4.26. The molecular weight excluding hydrogens is 200 g/mol. The van der Waals surface area contributed by atoms with Gasteiger partial charge in [-0.3, -0.25) is 10.2 Å². The van der Waals surface area contributed by atoms with Crippen LogP contribution in [0.5, 0.6) is 0 Å². The van der Waals surface area contributed by atoms with Gasteiger partial charge >= 0.3 is 0 Å². The summed E-state index contributed by atoms with van der Waals surface area (Å²) in [6.07, 6.45) is 0.722. The lowest BCUT2D eigenvalue weighted by Gasteiger charge is -2.09. The Bertz CT molecular complexity index is 310. The van der Waals surface area contributed by atoms with Crippen LogP contribution in [0.25, 0.3) is 0 Å². The van der Waals surface area contributed by atoms with Gasteiger partial charge in [-0.1, -0.05) is 0 Å². The van der Waals surface area contributed by atoms with Gasteiger partial charge in [0.2, 0.25) is 0 Å². The summed E-state index contributed by atoms with van der Waals surface area (Å²) in [6, 6.07) is 0. The Labute approximate surface area is 86.9 Å². The van der Waals surface area contributed by atoms with E-state index in [0.29, 0.717) is 12.2 Å². The van der Waals surface area contributed by atoms with Gasteiger partial charge in [0.25, 0.3) is 5.91 Å². The average Bonchev–Trinajstić information content (AvgIpc) is 2.52. The molecule has 3 N–H and O–H groups in total. The van der Waals surface area contributed by atoms with E-state index in [1.807, 2.05) is 0 Å². The van der Waals surface area contributed by atoms with E-state index in [0.717, 1.165) is 11.4 Å². The molecule has 14 heavy (non-hydrogen) atoms. The lowest BCUT2D eigenvalue weighted by molar-refractivity contribution is 0.0852. The fourth-order valence-corrected chi connectivity index (χ4v) is 1.71. The normalized spacial score (nSPS) is 10.6. The van der Waals surface area contributed by atoms with E-state index in [9.17, 15) is 4.79 Å². The van der Waals surface area contributed by atoms with Crippen LogP contribution in [0.1, 0.15) is 15.5 Å². The molecule has 0 fully saturated rings. The van der Waals surface area contributed by atoms with Gasteiger partial charge in [0.1, 0.15) is 5.69 Å². The van der Waals surface area contributed by atoms with Crippen LogP contribution in [0.2, 0.25) is 0 Å². The maximum absolute atomic E-state index is 11.4. The molecule has 0 spiro atoms. The van der Waals surface area contributed by atoms with E-state index in [2.05, 4.69) is 10.4 Å². The minimum Gasteiger partial charge on any atom is -0.330 e. The van der Waals surface area contributed by atoms with E-state index < -0.39 is 0 Å². The number of thiazole rings is 1. The Hall–Kier alpha value is -0.980. The van der Waals surface area contributed by atoms with Crippen molar-refractivity contribution in [3.8, 4) is 0 Å². The monoisotopic (exact) mass is 214 g/mol. The van der Waals surface area contributed by atoms with Crippen LogP contribution < -0.4 is 11.2 Å². The number of carbonyl (C=O) groups excluding carboxylic acids is 1. The zero-order valence-corrected chi connectivity index (χ0v) is 9.10. The van der Waals surface area contributed by atoms with Crippen LogP contribution in [0.4, 0.5) is 0 Å². The predicted octanol–water partition coefficient (Wildman–Crippen LogP) is -0.149. The number of hydrazine groups is 1. The van der Waals surface area contributed by atoms with Crippen molar-refractivity contribution in [1.29, 1.82) is 0 Å². The molecular formula is C8H14N4OS. The summed E-state index contributed by atoms with van der Waals surface area (Å²) in [5.41, 5.74) is 8.46. The maximum atomic E-state index is 11.4. The van der Waals surface area contributed by atoms with Crippen molar-refractivity contribution in [3.05, 3.63) is 16.1 Å². The van der Waals surface area contributed by atoms with Crippen molar-refractivity contribution < 1.29 is 4.79 Å². The van der Waals surface area contributed by atoms with Gasteiger partial charge in [0.15, 0.2) is 0 Å². The molecule has 0 aliphatic carbocycles. The topological polar surface area (TPSA) is 71.2 Å². The molecule has 1 aromatic heterocycles. The van der Waals surface area contributed by atoms with Gasteiger partial charge in [0.05, 0.1) is 5.01 Å². The Morgan fingerprint density at radius 3 is 3.00 bits per heavy atom. The van der Waals surface area contributed by atoms with Gasteiger partial charge in [-0.2, -0.15) is 0 Å². The molecule has 0 bridgehead atoms. The number of aromatic nitrogens is 1. The minimum absolute atomic E-state index is 0.186. The largest absolute Gasteiger partial charge is 0.330 e. The molecule has 0 atom stereocenters. The fraction of sp³-hybridized carbons (Fsp3) is 0.500. The lowest BCUT2D eigenvalue weighted by Crippen LogP contribution is -2.36. The van der Waals surface area contributed by atoms with Crippen LogP contribution in [-0.2, 0) is 6.42 Å². The van der Waals surface area contributed by atoms with E-state index in [4.69, 9.17) is 5.73 Å². The van der Waals surface area contributed by atoms with Crippen molar-refractivity contribution in [3.63, 3.8) is 0 Å². The Balaban J connectivity index is 2.62. The molecule has 0 aliphatic heterocycles. The third-order valence-corrected chi connectivity index (χ3v) is 2.38. The summed E-state index contributed by atoms with van der Waals surface area (Å²) in [5.74, 6) is -0.186. The second kappa shape index (κ2) is 5.04. The molecule has 1 rings (SSSR count). The summed E-state index contributed by atoms with van der Waals surface area (Å²) >= 11 is 1.46. The van der Waals surface area contributed by atoms with Crippen LogP contribution >= 0.6 is 11.3 Å². The molecule has 0 saturated heterocycles. The molecule has 0 unspecified atom stereocenters. The van der Waals surface area contributed by atoms with E-state index in [1.165, 1.54) is 11.3 Å². The summed E-state index contributed by atoms with van der Waals surface area (Å²) in [5, 5.41) is 4.23. The molecule has 78 valence electrons. The van der Waals surface area contributed by atoms with Gasteiger partial charge in [-0.25, -0.2) is 9.99 Å². The quantitative estimate of drug-likeness (QED) is 0.684. The van der Waals surface area contributed by atoms with Crippen LogP contribution in [0.3, 0.4) is 0 Å². The standard InChI is InChI=1S/C8H14N4OS/c1-12(2)11-8(13)6-5-14-7(10-6)3-4-9/h5H,3-4,9H2,1-2H3,(H,11,13). The van der Waals surface area contributed by atoms with E-state index in [1.54, 1.807) is 24.5 Å². The molecule has 6 heteroatoms. The highest BCUT2D eigenvalue weighted by atomic mass is 32.1. The number of nitrogens with one attached hydrogen (secondary N) is 1. The van der Waals surface area contributed by atoms with Gasteiger partial charge in [-0.05, 0) is 6.54 Å². The highest BCUT2D eigenvalue weighted by molar-refractivity contribution is 7.09. The number of nitrogens with two attached hydrogens (primary N) is 1. The van der Waals surface area contributed by atoms with Crippen LogP contribution in [-0.4, -0.2) is 36.5 Å². The SMILES string of the molecule is CN(C)NC(=O)c1csc(CCN)n1. The van der Waals surface area contributed by atoms with Crippen LogP contribution in [0, 0.1) is 0 Å². The highest BCUT2D eigenvalue weighted by Gasteiger charge is 2.10. The van der Waals surface area contributed by atoms with Crippen molar-refractivity contribution in [1.82, 2.24) is 15.4 Å². The summed E-state index contributed by atoms with van der Waals surface area (Å²) in [7, 11) is 3.51. The van der Waals surface area contributed by atoms with Crippen molar-refractivity contribution in [2.24, 2.45) is 5.73 Å². The van der Waals surface area contributed by atoms with Gasteiger partial charge in [0, 0.05) is 25.9 Å². The van der Waals surface area contributed by atoms with Gasteiger partial charge < -0.3 is 5.73 Å². The van der Waals surface area contributed by atoms with Crippen molar-refractivity contribution in [2.75, 3.05) is 20.6 Å². The summed E-state index contributed by atoms with van der Waals surface area (Å²) in [6.45, 7) is 0.558. The molecule has 0 radical (unpaired) electrons. The van der Waals surface area contributed by atoms with Crippen LogP contribution in [0.15, 0.2) is 5.38 Å². The number of rotatable bonds is 4. The number of nitrogens with zero attached hydrogens (tertiary/aromatic N) is 2. The number of carbonyl (C=O) groups is 1. The molecule has 5 nitrogen and oxygen atoms in total. The maximum Gasteiger partial charge on any atom is 0.285 e. The first-order valence-corrected chi connectivity index (χ1v) is 5.14. The fourth-order valence-electron chi connectivity index (χ4n) is 0.914. The molecule has 0 saturated carbocycles. The Morgan fingerprint density at radius 2 is 2.43 bits per heavy atom. The average molecular weight is 214 g/mol. The second-order valence-corrected chi connectivity index (χ2v) is 3.94. The Morgan fingerprint density at radius 1 is 1.71 bits per heavy atom. The van der Waals surface area contributed by atoms with E-state index >= 15 is 0 Å². The molecule has 0 aromatic carbocycles. The molecule has 1 aromatic rings. The zero-order valence-electron chi connectivity index (χ0n) is 8.28. The van der Waals surface area contributed by atoms with Gasteiger partial charge in [-0.15, -0.1) is 11.3 Å². The Kier molecular flexibility index (Phi) is 3.99. The van der Waals surface area contributed by atoms with E-state index in [-0.39, 0.29) is 5.91 Å². The third-order valence-electron chi connectivity index (χ3n) is 1.47. The summed E-state index contributed by atoms with van der Waals surface area (Å²) in [4.78, 5) is 15.6. The highest BCUT2D eigenvalue weighted by Crippen LogP contribution is 2.09. The minimum atomic E-state index is -0.186. The molecule has 1 heterocycles.